The maximum absolute atomic E-state index is 12.2. The molecule has 1 aromatic carbocycles. The molecule has 0 bridgehead atoms. The highest BCUT2D eigenvalue weighted by atomic mass is 35.5. The summed E-state index contributed by atoms with van der Waals surface area (Å²) in [5, 5.41) is 4.37. The largest absolute Gasteiger partial charge is 0.444 e. The van der Waals surface area contributed by atoms with Crippen molar-refractivity contribution in [2.45, 2.75) is 65.0 Å². The lowest BCUT2D eigenvalue weighted by molar-refractivity contribution is -0.00859. The van der Waals surface area contributed by atoms with E-state index in [-0.39, 0.29) is 6.09 Å². The summed E-state index contributed by atoms with van der Waals surface area (Å²) < 4.78 is 5.48. The van der Waals surface area contributed by atoms with Gasteiger partial charge in [0.2, 0.25) is 0 Å². The summed E-state index contributed by atoms with van der Waals surface area (Å²) in [5.41, 5.74) is 2.16. The summed E-state index contributed by atoms with van der Waals surface area (Å²) in [5.74, 6) is 0. The molecule has 1 aliphatic heterocycles. The van der Waals surface area contributed by atoms with Crippen molar-refractivity contribution in [2.75, 3.05) is 18.4 Å². The molecule has 2 fully saturated rings. The molecule has 25 heavy (non-hydrogen) atoms. The van der Waals surface area contributed by atoms with Crippen molar-refractivity contribution < 1.29 is 9.53 Å². The van der Waals surface area contributed by atoms with Crippen molar-refractivity contribution >= 4 is 23.4 Å². The number of carbonyl (C=O) groups is 1. The molecular weight excluding hydrogens is 336 g/mol. The van der Waals surface area contributed by atoms with E-state index in [1.54, 1.807) is 0 Å². The molecule has 0 aromatic heterocycles. The first-order valence-electron chi connectivity index (χ1n) is 9.16. The van der Waals surface area contributed by atoms with Gasteiger partial charge < -0.3 is 15.0 Å². The molecule has 1 amide bonds. The first kappa shape index (κ1) is 18.4. The lowest BCUT2D eigenvalue weighted by atomic mass is 9.60. The van der Waals surface area contributed by atoms with Crippen LogP contribution in [0.4, 0.5) is 10.5 Å². The first-order valence-corrected chi connectivity index (χ1v) is 9.54. The number of rotatable bonds is 2. The monoisotopic (exact) mass is 364 g/mol. The number of nitrogens with zero attached hydrogens (tertiary/aromatic N) is 1. The van der Waals surface area contributed by atoms with Crippen LogP contribution in [0.15, 0.2) is 18.2 Å². The maximum Gasteiger partial charge on any atom is 0.410 e. The molecule has 0 atom stereocenters. The average Bonchev–Trinajstić information content (AvgIpc) is 2.47. The number of likely N-dealkylation sites (tertiary alicyclic amines) is 1. The minimum atomic E-state index is -0.426. The molecule has 2 aliphatic rings. The van der Waals surface area contributed by atoms with E-state index < -0.39 is 5.60 Å². The van der Waals surface area contributed by atoms with Gasteiger partial charge in [-0.05, 0) is 76.5 Å². The Morgan fingerprint density at radius 3 is 2.48 bits per heavy atom. The van der Waals surface area contributed by atoms with Crippen LogP contribution in [0, 0.1) is 12.3 Å². The number of hydrogen-bond donors (Lipinski definition) is 1. The number of halogens is 1. The number of ether oxygens (including phenoxy) is 1. The zero-order chi connectivity index (χ0) is 18.2. The van der Waals surface area contributed by atoms with E-state index in [0.29, 0.717) is 11.5 Å². The zero-order valence-corrected chi connectivity index (χ0v) is 16.4. The van der Waals surface area contributed by atoms with Gasteiger partial charge in [0.25, 0.3) is 0 Å². The third-order valence-corrected chi connectivity index (χ3v) is 5.63. The number of nitrogens with one attached hydrogen (secondary N) is 1. The number of piperidine rings is 1. The predicted octanol–water partition coefficient (Wildman–Crippen LogP) is 5.24. The Bertz CT molecular complexity index is 638. The Kier molecular flexibility index (Phi) is 4.93. The number of carbonyl (C=O) groups excluding carboxylic acids is 1. The van der Waals surface area contributed by atoms with Gasteiger partial charge in [-0.3, -0.25) is 0 Å². The maximum atomic E-state index is 12.2. The van der Waals surface area contributed by atoms with Crippen LogP contribution in [0.1, 0.15) is 52.0 Å². The average molecular weight is 365 g/mol. The third-order valence-electron chi connectivity index (χ3n) is 5.32. The summed E-state index contributed by atoms with van der Waals surface area (Å²) >= 11 is 6.32. The number of aryl methyl sites for hydroxylation is 1. The normalized spacial score (nSPS) is 20.3. The SMILES string of the molecule is Cc1ccc(NC2CC3(CCN(C(=O)OC(C)(C)C)CC3)C2)c(Cl)c1. The second-order valence-corrected chi connectivity index (χ2v) is 9.11. The number of amides is 1. The molecule has 138 valence electrons. The smallest absolute Gasteiger partial charge is 0.410 e. The summed E-state index contributed by atoms with van der Waals surface area (Å²) in [4.78, 5) is 14.0. The Balaban J connectivity index is 1.47. The summed E-state index contributed by atoms with van der Waals surface area (Å²) in [7, 11) is 0. The minimum Gasteiger partial charge on any atom is -0.444 e. The number of benzene rings is 1. The molecule has 1 saturated carbocycles. The fourth-order valence-electron chi connectivity index (χ4n) is 3.94. The van der Waals surface area contributed by atoms with Crippen LogP contribution in [0.3, 0.4) is 0 Å². The van der Waals surface area contributed by atoms with Crippen molar-refractivity contribution in [3.8, 4) is 0 Å². The van der Waals surface area contributed by atoms with Gasteiger partial charge in [-0.1, -0.05) is 17.7 Å². The molecule has 3 rings (SSSR count). The molecule has 0 radical (unpaired) electrons. The van der Waals surface area contributed by atoms with Crippen molar-refractivity contribution in [1.29, 1.82) is 0 Å². The fourth-order valence-corrected chi connectivity index (χ4v) is 4.23. The van der Waals surface area contributed by atoms with Gasteiger partial charge in [0, 0.05) is 19.1 Å². The Labute approximate surface area is 155 Å². The van der Waals surface area contributed by atoms with Crippen LogP contribution >= 0.6 is 11.6 Å². The van der Waals surface area contributed by atoms with Crippen molar-refractivity contribution in [1.82, 2.24) is 4.90 Å². The quantitative estimate of drug-likeness (QED) is 0.780. The molecule has 1 aromatic rings. The number of hydrogen-bond acceptors (Lipinski definition) is 3. The highest BCUT2D eigenvalue weighted by molar-refractivity contribution is 6.33. The first-order chi connectivity index (χ1) is 11.7. The standard InChI is InChI=1S/C20H29ClN2O2/c1-14-5-6-17(16(21)11-14)22-15-12-20(13-15)7-9-23(10-8-20)18(24)25-19(2,3)4/h5-6,11,15,22H,7-10,12-13H2,1-4H3. The van der Waals surface area contributed by atoms with Crippen LogP contribution < -0.4 is 5.32 Å². The molecule has 1 N–H and O–H groups in total. The minimum absolute atomic E-state index is 0.178. The Morgan fingerprint density at radius 2 is 1.92 bits per heavy atom. The second-order valence-electron chi connectivity index (χ2n) is 8.70. The van der Waals surface area contributed by atoms with E-state index in [2.05, 4.69) is 17.4 Å². The van der Waals surface area contributed by atoms with E-state index in [1.807, 2.05) is 38.7 Å². The van der Waals surface area contributed by atoms with E-state index in [0.717, 1.165) is 49.5 Å². The van der Waals surface area contributed by atoms with Gasteiger partial charge in [-0.2, -0.15) is 0 Å². The second kappa shape index (κ2) is 6.71. The van der Waals surface area contributed by atoms with E-state index in [4.69, 9.17) is 16.3 Å². The number of anilines is 1. The van der Waals surface area contributed by atoms with Crippen LogP contribution in [0.5, 0.6) is 0 Å². The van der Waals surface area contributed by atoms with Crippen LogP contribution in [-0.2, 0) is 4.74 Å². The van der Waals surface area contributed by atoms with Crippen molar-refractivity contribution in [3.63, 3.8) is 0 Å². The molecular formula is C20H29ClN2O2. The summed E-state index contributed by atoms with van der Waals surface area (Å²) in [6.45, 7) is 9.38. The van der Waals surface area contributed by atoms with Gasteiger partial charge in [0.1, 0.15) is 5.60 Å². The molecule has 1 aliphatic carbocycles. The lowest BCUT2D eigenvalue weighted by Gasteiger charge is -2.52. The van der Waals surface area contributed by atoms with Gasteiger partial charge in [0.15, 0.2) is 0 Å². The lowest BCUT2D eigenvalue weighted by Crippen LogP contribution is -2.53. The molecule has 1 spiro atoms. The predicted molar refractivity (Wildman–Crippen MR) is 102 cm³/mol. The summed E-state index contributed by atoms with van der Waals surface area (Å²) in [6.07, 6.45) is 4.25. The Morgan fingerprint density at radius 1 is 1.28 bits per heavy atom. The molecule has 1 saturated heterocycles. The van der Waals surface area contributed by atoms with Gasteiger partial charge in [-0.25, -0.2) is 4.79 Å². The van der Waals surface area contributed by atoms with Crippen LogP contribution in [0.25, 0.3) is 0 Å². The molecule has 4 nitrogen and oxygen atoms in total. The van der Waals surface area contributed by atoms with E-state index >= 15 is 0 Å². The third kappa shape index (κ3) is 4.41. The fraction of sp³-hybridized carbons (Fsp3) is 0.650. The van der Waals surface area contributed by atoms with E-state index in [9.17, 15) is 4.79 Å². The summed E-state index contributed by atoms with van der Waals surface area (Å²) in [6, 6.07) is 6.63. The van der Waals surface area contributed by atoms with Gasteiger partial charge in [-0.15, -0.1) is 0 Å². The van der Waals surface area contributed by atoms with Gasteiger partial charge >= 0.3 is 6.09 Å². The van der Waals surface area contributed by atoms with Crippen molar-refractivity contribution in [3.05, 3.63) is 28.8 Å². The molecule has 1 heterocycles. The Hall–Kier alpha value is -1.42. The van der Waals surface area contributed by atoms with Crippen LogP contribution in [0.2, 0.25) is 5.02 Å². The van der Waals surface area contributed by atoms with Crippen LogP contribution in [-0.4, -0.2) is 35.7 Å². The van der Waals surface area contributed by atoms with Crippen molar-refractivity contribution in [2.24, 2.45) is 5.41 Å². The topological polar surface area (TPSA) is 41.6 Å². The molecule has 5 heteroatoms. The van der Waals surface area contributed by atoms with E-state index in [1.165, 1.54) is 5.56 Å². The van der Waals surface area contributed by atoms with Gasteiger partial charge in [0.05, 0.1) is 10.7 Å². The zero-order valence-electron chi connectivity index (χ0n) is 15.7. The molecule has 0 unspecified atom stereocenters. The highest BCUT2D eigenvalue weighted by Crippen LogP contribution is 2.50. The highest BCUT2D eigenvalue weighted by Gasteiger charge is 2.46.